The number of benzene rings is 2. The van der Waals surface area contributed by atoms with Crippen molar-refractivity contribution in [3.8, 4) is 5.75 Å². The number of hydrogen-bond acceptors (Lipinski definition) is 5. The first-order valence-corrected chi connectivity index (χ1v) is 10.9. The molecule has 0 atom stereocenters. The topological polar surface area (TPSA) is 74.4 Å². The molecule has 2 heterocycles. The number of nitrogens with one attached hydrogen (secondary N) is 2. The lowest BCUT2D eigenvalue weighted by Gasteiger charge is -2.30. The molecule has 1 aliphatic heterocycles. The number of methoxy groups -OCH3 is 1. The Kier molecular flexibility index (Phi) is 5.03. The van der Waals surface area contributed by atoms with E-state index in [4.69, 9.17) is 4.74 Å². The van der Waals surface area contributed by atoms with Crippen molar-refractivity contribution >= 4 is 26.4 Å². The van der Waals surface area contributed by atoms with Gasteiger partial charge < -0.3 is 19.9 Å². The molecular formula is C21H25N3O3S. The second kappa shape index (κ2) is 7.48. The third-order valence-electron chi connectivity index (χ3n) is 5.37. The highest BCUT2D eigenvalue weighted by Crippen LogP contribution is 2.31. The van der Waals surface area contributed by atoms with Gasteiger partial charge in [-0.2, -0.15) is 0 Å². The van der Waals surface area contributed by atoms with Crippen molar-refractivity contribution in [3.05, 3.63) is 48.7 Å². The normalized spacial score (nSPS) is 16.4. The summed E-state index contributed by atoms with van der Waals surface area (Å²) in [6.07, 6.45) is 3.65. The average molecular weight is 400 g/mol. The molecule has 7 heteroatoms. The largest absolute Gasteiger partial charge is 0.497 e. The monoisotopic (exact) mass is 399 g/mol. The van der Waals surface area contributed by atoms with Crippen LogP contribution in [0.15, 0.2) is 58.5 Å². The molecule has 0 unspecified atom stereocenters. The molecule has 1 aliphatic rings. The van der Waals surface area contributed by atoms with Gasteiger partial charge in [-0.3, -0.25) is 0 Å². The molecule has 1 fully saturated rings. The van der Waals surface area contributed by atoms with Crippen molar-refractivity contribution in [1.29, 1.82) is 0 Å². The van der Waals surface area contributed by atoms with Crippen molar-refractivity contribution in [2.75, 3.05) is 32.6 Å². The maximum atomic E-state index is 13.3. The molecule has 0 radical (unpaired) electrons. The van der Waals surface area contributed by atoms with E-state index < -0.39 is 9.84 Å². The number of nitrogens with zero attached hydrogens (tertiary/aromatic N) is 1. The molecule has 0 spiro atoms. The van der Waals surface area contributed by atoms with Crippen LogP contribution in [0.1, 0.15) is 12.8 Å². The molecule has 0 aliphatic carbocycles. The maximum Gasteiger partial charge on any atom is 0.208 e. The Morgan fingerprint density at radius 1 is 1.14 bits per heavy atom. The molecule has 1 aromatic heterocycles. The van der Waals surface area contributed by atoms with Gasteiger partial charge in [-0.15, -0.1) is 0 Å². The molecule has 1 saturated heterocycles. The fourth-order valence-electron chi connectivity index (χ4n) is 3.69. The zero-order valence-electron chi connectivity index (χ0n) is 16.1. The van der Waals surface area contributed by atoms with E-state index in [-0.39, 0.29) is 9.79 Å². The van der Waals surface area contributed by atoms with Crippen LogP contribution in [-0.4, -0.2) is 51.6 Å². The lowest BCUT2D eigenvalue weighted by molar-refractivity contribution is 0.264. The molecule has 148 valence electrons. The van der Waals surface area contributed by atoms with Crippen LogP contribution in [0.4, 0.5) is 5.69 Å². The minimum absolute atomic E-state index is 0.262. The Balaban J connectivity index is 1.65. The number of hydrogen-bond donors (Lipinski definition) is 2. The molecule has 2 N–H and O–H groups in total. The number of anilines is 1. The lowest BCUT2D eigenvalue weighted by atomic mass is 10.1. The minimum Gasteiger partial charge on any atom is -0.497 e. The number of ether oxygens (including phenoxy) is 1. The summed E-state index contributed by atoms with van der Waals surface area (Å²) >= 11 is 0. The number of rotatable bonds is 5. The third-order valence-corrected chi connectivity index (χ3v) is 7.17. The van der Waals surface area contributed by atoms with Crippen molar-refractivity contribution < 1.29 is 13.2 Å². The van der Waals surface area contributed by atoms with Gasteiger partial charge >= 0.3 is 0 Å². The highest BCUT2D eigenvalue weighted by atomic mass is 32.2. The van der Waals surface area contributed by atoms with E-state index in [0.29, 0.717) is 17.2 Å². The van der Waals surface area contributed by atoms with Gasteiger partial charge in [0, 0.05) is 28.8 Å². The van der Waals surface area contributed by atoms with Crippen LogP contribution < -0.4 is 10.1 Å². The van der Waals surface area contributed by atoms with Crippen LogP contribution >= 0.6 is 0 Å². The van der Waals surface area contributed by atoms with E-state index in [1.807, 2.05) is 12.1 Å². The predicted molar refractivity (Wildman–Crippen MR) is 111 cm³/mol. The summed E-state index contributed by atoms with van der Waals surface area (Å²) in [5.41, 5.74) is 1.60. The molecule has 6 nitrogen and oxygen atoms in total. The van der Waals surface area contributed by atoms with Crippen LogP contribution in [0.3, 0.4) is 0 Å². The summed E-state index contributed by atoms with van der Waals surface area (Å²) in [6, 6.07) is 12.8. The van der Waals surface area contributed by atoms with Gasteiger partial charge in [-0.25, -0.2) is 8.42 Å². The van der Waals surface area contributed by atoms with E-state index in [1.54, 1.807) is 43.6 Å². The molecular weight excluding hydrogens is 374 g/mol. The molecule has 0 saturated carbocycles. The molecule has 28 heavy (non-hydrogen) atoms. The second-order valence-electron chi connectivity index (χ2n) is 7.32. The summed E-state index contributed by atoms with van der Waals surface area (Å²) in [5.74, 6) is 0.626. The van der Waals surface area contributed by atoms with Gasteiger partial charge in [0.25, 0.3) is 0 Å². The van der Waals surface area contributed by atoms with Gasteiger partial charge in [-0.05, 0) is 69.4 Å². The van der Waals surface area contributed by atoms with E-state index in [9.17, 15) is 8.42 Å². The Morgan fingerprint density at radius 2 is 1.93 bits per heavy atom. The molecule has 4 rings (SSSR count). The number of fused-ring (bicyclic) bond motifs is 1. The highest BCUT2D eigenvalue weighted by molar-refractivity contribution is 7.91. The summed E-state index contributed by atoms with van der Waals surface area (Å²) in [7, 11) is 0.0399. The molecule has 0 bridgehead atoms. The maximum absolute atomic E-state index is 13.3. The van der Waals surface area contributed by atoms with Gasteiger partial charge in [0.05, 0.1) is 16.9 Å². The predicted octanol–water partition coefficient (Wildman–Crippen LogP) is 3.52. The van der Waals surface area contributed by atoms with E-state index in [2.05, 4.69) is 22.2 Å². The first-order valence-electron chi connectivity index (χ1n) is 9.43. The van der Waals surface area contributed by atoms with Crippen LogP contribution in [0.2, 0.25) is 0 Å². The summed E-state index contributed by atoms with van der Waals surface area (Å²) in [5, 5.41) is 4.13. The Hall–Kier alpha value is -2.51. The standard InChI is InChI=1S/C21H25N3O3S/c1-24-10-8-15(9-11-24)23-16-4-3-5-18(12-16)28(25,26)21-14-22-20-7-6-17(27-2)13-19(20)21/h3-7,12-15,22-23H,8-11H2,1-2H3. The second-order valence-corrected chi connectivity index (χ2v) is 9.24. The summed E-state index contributed by atoms with van der Waals surface area (Å²) in [4.78, 5) is 5.90. The fourth-order valence-corrected chi connectivity index (χ4v) is 5.16. The van der Waals surface area contributed by atoms with Crippen LogP contribution in [-0.2, 0) is 9.84 Å². The van der Waals surface area contributed by atoms with Gasteiger partial charge in [0.2, 0.25) is 9.84 Å². The Morgan fingerprint density at radius 3 is 2.68 bits per heavy atom. The van der Waals surface area contributed by atoms with Crippen LogP contribution in [0.25, 0.3) is 10.9 Å². The number of aromatic amines is 1. The first-order chi connectivity index (χ1) is 13.5. The fraction of sp³-hybridized carbons (Fsp3) is 0.333. The Bertz CT molecular complexity index is 1080. The number of likely N-dealkylation sites (tertiary alicyclic amines) is 1. The average Bonchev–Trinajstić information content (AvgIpc) is 3.14. The molecule has 0 amide bonds. The molecule has 2 aromatic carbocycles. The van der Waals surface area contributed by atoms with Gasteiger partial charge in [0.1, 0.15) is 5.75 Å². The van der Waals surface area contributed by atoms with E-state index in [1.165, 1.54) is 0 Å². The van der Waals surface area contributed by atoms with E-state index >= 15 is 0 Å². The number of sulfone groups is 1. The van der Waals surface area contributed by atoms with Crippen molar-refractivity contribution in [3.63, 3.8) is 0 Å². The van der Waals surface area contributed by atoms with Crippen molar-refractivity contribution in [1.82, 2.24) is 9.88 Å². The number of aromatic nitrogens is 1. The third kappa shape index (κ3) is 3.59. The van der Waals surface area contributed by atoms with Crippen LogP contribution in [0, 0.1) is 0 Å². The molecule has 3 aromatic rings. The summed E-state index contributed by atoms with van der Waals surface area (Å²) in [6.45, 7) is 2.10. The van der Waals surface area contributed by atoms with Gasteiger partial charge in [-0.1, -0.05) is 6.07 Å². The van der Waals surface area contributed by atoms with Crippen molar-refractivity contribution in [2.45, 2.75) is 28.7 Å². The number of H-pyrrole nitrogens is 1. The Labute approximate surface area is 165 Å². The number of piperidine rings is 1. The minimum atomic E-state index is -3.65. The SMILES string of the molecule is COc1ccc2[nH]cc(S(=O)(=O)c3cccc(NC4CCN(C)CC4)c3)c2c1. The first kappa shape index (κ1) is 18.8. The van der Waals surface area contributed by atoms with Crippen LogP contribution in [0.5, 0.6) is 5.75 Å². The zero-order chi connectivity index (χ0) is 19.7. The highest BCUT2D eigenvalue weighted by Gasteiger charge is 2.23. The van der Waals surface area contributed by atoms with Crippen molar-refractivity contribution in [2.24, 2.45) is 0 Å². The van der Waals surface area contributed by atoms with E-state index in [0.717, 1.165) is 37.1 Å². The summed E-state index contributed by atoms with van der Waals surface area (Å²) < 4.78 is 31.9. The van der Waals surface area contributed by atoms with Gasteiger partial charge in [0.15, 0.2) is 0 Å². The zero-order valence-corrected chi connectivity index (χ0v) is 16.9. The lowest BCUT2D eigenvalue weighted by Crippen LogP contribution is -2.36. The smallest absolute Gasteiger partial charge is 0.208 e. The quantitative estimate of drug-likeness (QED) is 0.687.